The summed E-state index contributed by atoms with van der Waals surface area (Å²) >= 11 is 0. The first-order valence-electron chi connectivity index (χ1n) is 10.7. The Bertz CT molecular complexity index is 752. The number of benzene rings is 1. The summed E-state index contributed by atoms with van der Waals surface area (Å²) in [7, 11) is 0. The van der Waals surface area contributed by atoms with Crippen molar-refractivity contribution in [1.82, 2.24) is 25.3 Å². The fourth-order valence-electron chi connectivity index (χ4n) is 4.37. The Morgan fingerprint density at radius 1 is 1.17 bits per heavy atom. The number of hydrogen-bond donors (Lipinski definition) is 2. The Morgan fingerprint density at radius 3 is 2.66 bits per heavy atom. The van der Waals surface area contributed by atoms with Gasteiger partial charge in [0.05, 0.1) is 12.2 Å². The zero-order valence-corrected chi connectivity index (χ0v) is 19.6. The fourth-order valence-corrected chi connectivity index (χ4v) is 4.37. The van der Waals surface area contributed by atoms with E-state index >= 15 is 0 Å². The summed E-state index contributed by atoms with van der Waals surface area (Å²) in [5, 5.41) is 11.3. The maximum absolute atomic E-state index is 4.82. The van der Waals surface area contributed by atoms with Crippen molar-refractivity contribution in [3.05, 3.63) is 48.3 Å². The molecule has 2 fully saturated rings. The van der Waals surface area contributed by atoms with Crippen molar-refractivity contribution in [2.45, 2.75) is 57.7 Å². The van der Waals surface area contributed by atoms with Gasteiger partial charge in [0.2, 0.25) is 0 Å². The Morgan fingerprint density at radius 2 is 1.97 bits per heavy atom. The Kier molecular flexibility index (Phi) is 8.35. The van der Waals surface area contributed by atoms with Crippen LogP contribution in [0.25, 0.3) is 5.69 Å². The van der Waals surface area contributed by atoms with E-state index in [0.717, 1.165) is 30.8 Å². The molecule has 6 nitrogen and oxygen atoms in total. The van der Waals surface area contributed by atoms with Crippen molar-refractivity contribution in [2.24, 2.45) is 4.99 Å². The topological polar surface area (TPSA) is 57.5 Å². The third-order valence-electron chi connectivity index (χ3n) is 5.87. The highest BCUT2D eigenvalue weighted by Crippen LogP contribution is 2.26. The van der Waals surface area contributed by atoms with Crippen LogP contribution in [0.3, 0.4) is 0 Å². The summed E-state index contributed by atoms with van der Waals surface area (Å²) in [6.07, 6.45) is 10.5. The van der Waals surface area contributed by atoms with Gasteiger partial charge in [0.15, 0.2) is 5.96 Å². The Balaban J connectivity index is 0.00000240. The normalized spacial score (nSPS) is 20.6. The lowest BCUT2D eigenvalue weighted by Crippen LogP contribution is -2.45. The molecule has 158 valence electrons. The number of nitrogens with one attached hydrogen (secondary N) is 2. The first-order chi connectivity index (χ1) is 13.8. The van der Waals surface area contributed by atoms with Gasteiger partial charge in [-0.15, -0.1) is 24.0 Å². The number of hydrogen-bond acceptors (Lipinski definition) is 3. The zero-order chi connectivity index (χ0) is 19.2. The molecule has 1 saturated heterocycles. The lowest BCUT2D eigenvalue weighted by atomic mass is 10.2. The van der Waals surface area contributed by atoms with Crippen molar-refractivity contribution >= 4 is 29.9 Å². The van der Waals surface area contributed by atoms with Crippen LogP contribution >= 0.6 is 24.0 Å². The highest BCUT2D eigenvalue weighted by Gasteiger charge is 2.30. The molecule has 1 atom stereocenters. The van der Waals surface area contributed by atoms with E-state index < -0.39 is 0 Å². The summed E-state index contributed by atoms with van der Waals surface area (Å²) in [5.74, 6) is 0.928. The molecule has 2 aliphatic rings. The molecule has 2 aromatic rings. The minimum Gasteiger partial charge on any atom is -0.357 e. The van der Waals surface area contributed by atoms with Gasteiger partial charge >= 0.3 is 0 Å². The summed E-state index contributed by atoms with van der Waals surface area (Å²) < 4.78 is 1.87. The van der Waals surface area contributed by atoms with Gasteiger partial charge in [0.25, 0.3) is 0 Å². The molecule has 7 heteroatoms. The molecule has 2 N–H and O–H groups in total. The third-order valence-corrected chi connectivity index (χ3v) is 5.87. The van der Waals surface area contributed by atoms with Crippen molar-refractivity contribution in [1.29, 1.82) is 0 Å². The van der Waals surface area contributed by atoms with Gasteiger partial charge in [-0.2, -0.15) is 5.10 Å². The standard InChI is InChI=1S/C22H32N6.HI/c1-2-23-22(26-19-12-15-27(17-19)20-6-3-4-7-20)24-16-18-8-10-21(11-9-18)28-14-5-13-25-28;/h5,8-11,13-14,19-20H,2-4,6-7,12,15-17H2,1H3,(H2,23,24,26);1H. The second-order valence-corrected chi connectivity index (χ2v) is 7.88. The summed E-state index contributed by atoms with van der Waals surface area (Å²) in [5.41, 5.74) is 2.27. The van der Waals surface area contributed by atoms with E-state index in [9.17, 15) is 0 Å². The van der Waals surface area contributed by atoms with Gasteiger partial charge in [0.1, 0.15) is 0 Å². The van der Waals surface area contributed by atoms with E-state index in [1.807, 2.05) is 16.9 Å². The first-order valence-corrected chi connectivity index (χ1v) is 10.7. The quantitative estimate of drug-likeness (QED) is 0.356. The molecule has 1 saturated carbocycles. The van der Waals surface area contributed by atoms with Crippen LogP contribution in [-0.4, -0.2) is 52.4 Å². The number of likely N-dealkylation sites (tertiary alicyclic amines) is 1. The van der Waals surface area contributed by atoms with Gasteiger partial charge in [-0.25, -0.2) is 9.67 Å². The number of guanidine groups is 1. The second kappa shape index (κ2) is 11.0. The number of rotatable bonds is 6. The lowest BCUT2D eigenvalue weighted by Gasteiger charge is -2.24. The van der Waals surface area contributed by atoms with Crippen molar-refractivity contribution in [3.8, 4) is 5.69 Å². The van der Waals surface area contributed by atoms with Crippen molar-refractivity contribution in [3.63, 3.8) is 0 Å². The molecule has 1 aliphatic carbocycles. The first kappa shape index (κ1) is 22.1. The minimum atomic E-state index is 0. The largest absolute Gasteiger partial charge is 0.357 e. The molecule has 29 heavy (non-hydrogen) atoms. The molecule has 1 aromatic heterocycles. The molecule has 4 rings (SSSR count). The number of halogens is 1. The molecule has 0 spiro atoms. The monoisotopic (exact) mass is 508 g/mol. The van der Waals surface area contributed by atoms with Crippen molar-refractivity contribution < 1.29 is 0 Å². The van der Waals surface area contributed by atoms with Crippen LogP contribution in [0.1, 0.15) is 44.6 Å². The smallest absolute Gasteiger partial charge is 0.191 e. The second-order valence-electron chi connectivity index (χ2n) is 7.88. The van der Waals surface area contributed by atoms with Gasteiger partial charge in [-0.3, -0.25) is 4.90 Å². The van der Waals surface area contributed by atoms with E-state index in [1.165, 1.54) is 44.2 Å². The SMILES string of the molecule is CCNC(=NCc1ccc(-n2cccn2)cc1)NC1CCN(C2CCCC2)C1.I. The Labute approximate surface area is 191 Å². The van der Waals surface area contributed by atoms with Crippen LogP contribution in [0.15, 0.2) is 47.7 Å². The van der Waals surface area contributed by atoms with E-state index in [-0.39, 0.29) is 24.0 Å². The molecule has 2 heterocycles. The van der Waals surface area contributed by atoms with E-state index in [2.05, 4.69) is 51.8 Å². The summed E-state index contributed by atoms with van der Waals surface area (Å²) in [4.78, 5) is 7.50. The van der Waals surface area contributed by atoms with Crippen LogP contribution < -0.4 is 10.6 Å². The number of aromatic nitrogens is 2. The van der Waals surface area contributed by atoms with Gasteiger partial charge in [0, 0.05) is 44.1 Å². The zero-order valence-electron chi connectivity index (χ0n) is 17.3. The third kappa shape index (κ3) is 5.94. The van der Waals surface area contributed by atoms with Crippen LogP contribution in [0.2, 0.25) is 0 Å². The maximum atomic E-state index is 4.82. The average molecular weight is 508 g/mol. The Hall–Kier alpha value is -1.61. The average Bonchev–Trinajstić information content (AvgIpc) is 3.49. The van der Waals surface area contributed by atoms with Crippen LogP contribution in [0.5, 0.6) is 0 Å². The molecule has 1 unspecified atom stereocenters. The van der Waals surface area contributed by atoms with Gasteiger partial charge in [-0.1, -0.05) is 25.0 Å². The fraction of sp³-hybridized carbons (Fsp3) is 0.545. The molecule has 0 bridgehead atoms. The number of aliphatic imine (C=N–C) groups is 1. The molecule has 1 aliphatic heterocycles. The summed E-state index contributed by atoms with van der Waals surface area (Å²) in [6, 6.07) is 11.7. The molecular formula is C22H33IN6. The maximum Gasteiger partial charge on any atom is 0.191 e. The predicted molar refractivity (Wildman–Crippen MR) is 129 cm³/mol. The van der Waals surface area contributed by atoms with E-state index in [1.54, 1.807) is 6.20 Å². The van der Waals surface area contributed by atoms with E-state index in [0.29, 0.717) is 12.6 Å². The molecule has 0 radical (unpaired) electrons. The minimum absolute atomic E-state index is 0. The molecule has 0 amide bonds. The predicted octanol–water partition coefficient (Wildman–Crippen LogP) is 3.56. The summed E-state index contributed by atoms with van der Waals surface area (Å²) in [6.45, 7) is 6.04. The van der Waals surface area contributed by atoms with Gasteiger partial charge < -0.3 is 10.6 Å². The van der Waals surface area contributed by atoms with Crippen LogP contribution in [0.4, 0.5) is 0 Å². The van der Waals surface area contributed by atoms with Crippen LogP contribution in [0, 0.1) is 0 Å². The van der Waals surface area contributed by atoms with Crippen LogP contribution in [-0.2, 0) is 6.54 Å². The highest BCUT2D eigenvalue weighted by molar-refractivity contribution is 14.0. The van der Waals surface area contributed by atoms with Crippen molar-refractivity contribution in [2.75, 3.05) is 19.6 Å². The van der Waals surface area contributed by atoms with E-state index in [4.69, 9.17) is 4.99 Å². The van der Waals surface area contributed by atoms with Gasteiger partial charge in [-0.05, 0) is 49.9 Å². The molecule has 1 aromatic carbocycles. The highest BCUT2D eigenvalue weighted by atomic mass is 127. The lowest BCUT2D eigenvalue weighted by molar-refractivity contribution is 0.242. The number of nitrogens with zero attached hydrogens (tertiary/aromatic N) is 4. The molecular weight excluding hydrogens is 475 g/mol.